The molecule has 1 atom stereocenters. The Kier molecular flexibility index (Phi) is 9.23. The molecule has 1 aliphatic rings. The second-order valence-corrected chi connectivity index (χ2v) is 9.69. The minimum atomic E-state index is -3.67. The Morgan fingerprint density at radius 2 is 1.26 bits per heavy atom. The summed E-state index contributed by atoms with van der Waals surface area (Å²) in [5.41, 5.74) is 12.2. The molecule has 0 fully saturated rings. The van der Waals surface area contributed by atoms with Crippen LogP contribution >= 0.6 is 0 Å². The van der Waals surface area contributed by atoms with Gasteiger partial charge in [-0.3, -0.25) is 23.6 Å². The predicted octanol–water partition coefficient (Wildman–Crippen LogP) is 0.120. The van der Waals surface area contributed by atoms with Crippen molar-refractivity contribution in [3.63, 3.8) is 0 Å². The number of amides is 2. The third kappa shape index (κ3) is 9.50. The van der Waals surface area contributed by atoms with Crippen molar-refractivity contribution in [3.05, 3.63) is 47.5 Å². The molecular formula is C18H25N3O8S2. The topological polar surface area (TPSA) is 198 Å². The summed E-state index contributed by atoms with van der Waals surface area (Å²) in [4.78, 5) is 26.0. The lowest BCUT2D eigenvalue weighted by Crippen LogP contribution is -2.37. The highest BCUT2D eigenvalue weighted by Crippen LogP contribution is 2.28. The van der Waals surface area contributed by atoms with E-state index in [2.05, 4.69) is 0 Å². The minimum Gasteiger partial charge on any atom is -0.329 e. The van der Waals surface area contributed by atoms with Gasteiger partial charge in [0.1, 0.15) is 0 Å². The van der Waals surface area contributed by atoms with Gasteiger partial charge in [-0.1, -0.05) is 24.3 Å². The number of carbonyl (C=O) groups is 2. The van der Waals surface area contributed by atoms with Crippen LogP contribution in [0.2, 0.25) is 0 Å². The number of fused-ring (bicyclic) bond motifs is 2. The number of nitrogens with two attached hydrogens (primary N) is 2. The largest absolute Gasteiger partial charge is 0.329 e. The second-order valence-electron chi connectivity index (χ2n) is 6.76. The zero-order valence-corrected chi connectivity index (χ0v) is 18.6. The number of hydrogen-bond donors (Lipinski definition) is 4. The smallest absolute Gasteiger partial charge is 0.261 e. The molecule has 0 radical (unpaired) electrons. The van der Waals surface area contributed by atoms with E-state index in [0.29, 0.717) is 43.1 Å². The Balaban J connectivity index is 0.000000404. The molecule has 1 heterocycles. The lowest BCUT2D eigenvalue weighted by molar-refractivity contribution is 0.0650. The second kappa shape index (κ2) is 10.7. The van der Waals surface area contributed by atoms with Crippen LogP contribution in [-0.2, 0) is 20.2 Å². The van der Waals surface area contributed by atoms with Gasteiger partial charge in [-0.25, -0.2) is 0 Å². The molecule has 0 saturated heterocycles. The third-order valence-corrected chi connectivity index (χ3v) is 3.86. The van der Waals surface area contributed by atoms with E-state index in [1.165, 1.54) is 4.90 Å². The van der Waals surface area contributed by atoms with Crippen LogP contribution in [0.1, 0.15) is 27.1 Å². The molecule has 6 N–H and O–H groups in total. The van der Waals surface area contributed by atoms with Crippen LogP contribution in [0, 0.1) is 0 Å². The average Bonchev–Trinajstić information content (AvgIpc) is 2.85. The summed E-state index contributed by atoms with van der Waals surface area (Å²) in [6, 6.07) is 11.1. The molecule has 1 unspecified atom stereocenters. The van der Waals surface area contributed by atoms with E-state index in [-0.39, 0.29) is 17.9 Å². The normalized spacial score (nSPS) is 14.3. The van der Waals surface area contributed by atoms with Gasteiger partial charge in [0.15, 0.2) is 0 Å². The van der Waals surface area contributed by atoms with E-state index >= 15 is 0 Å². The molecule has 2 amide bonds. The first-order valence-corrected chi connectivity index (χ1v) is 12.5. The highest BCUT2D eigenvalue weighted by atomic mass is 32.2. The number of nitrogens with zero attached hydrogens (tertiary/aromatic N) is 1. The van der Waals surface area contributed by atoms with Crippen LogP contribution in [0.4, 0.5) is 0 Å². The maximum Gasteiger partial charge on any atom is 0.261 e. The summed E-state index contributed by atoms with van der Waals surface area (Å²) in [7, 11) is -7.33. The maximum absolute atomic E-state index is 12.4. The molecule has 0 aliphatic carbocycles. The monoisotopic (exact) mass is 475 g/mol. The van der Waals surface area contributed by atoms with E-state index in [9.17, 15) is 26.4 Å². The van der Waals surface area contributed by atoms with Crippen LogP contribution in [0.25, 0.3) is 10.8 Å². The van der Waals surface area contributed by atoms with Crippen molar-refractivity contribution < 1.29 is 35.5 Å². The lowest BCUT2D eigenvalue weighted by Gasteiger charge is -2.16. The van der Waals surface area contributed by atoms with Crippen LogP contribution in [-0.4, -0.2) is 74.3 Å². The first-order valence-electron chi connectivity index (χ1n) is 8.81. The minimum absolute atomic E-state index is 0.201. The lowest BCUT2D eigenvalue weighted by atomic mass is 10.0. The van der Waals surface area contributed by atoms with Gasteiger partial charge >= 0.3 is 0 Å². The fourth-order valence-electron chi connectivity index (χ4n) is 2.59. The summed E-state index contributed by atoms with van der Waals surface area (Å²) in [6.45, 7) is 0.647. The molecule has 0 aromatic heterocycles. The predicted molar refractivity (Wildman–Crippen MR) is 116 cm³/mol. The van der Waals surface area contributed by atoms with Crippen LogP contribution in [0.5, 0.6) is 0 Å². The Morgan fingerprint density at radius 3 is 1.58 bits per heavy atom. The molecule has 172 valence electrons. The van der Waals surface area contributed by atoms with Gasteiger partial charge in [0.05, 0.1) is 23.6 Å². The highest BCUT2D eigenvalue weighted by Gasteiger charge is 2.35. The number of rotatable bonds is 4. The number of hydrogen-bond acceptors (Lipinski definition) is 8. The zero-order chi connectivity index (χ0) is 24.0. The zero-order valence-electron chi connectivity index (χ0n) is 16.9. The summed E-state index contributed by atoms with van der Waals surface area (Å²) >= 11 is 0. The summed E-state index contributed by atoms with van der Waals surface area (Å²) in [5, 5.41) is 1.91. The standard InChI is InChI=1S/C16H17N3O2.2CH4O3S/c17-9-12(18)5-6-19-15(20)13-7-10-3-1-2-4-11(10)8-14(13)16(19)21;2*1-5(2,3)4/h1-4,7-8,12H,5-6,9,17-18H2;2*1H3,(H,2,3,4). The van der Waals surface area contributed by atoms with Gasteiger partial charge in [-0.05, 0) is 29.3 Å². The van der Waals surface area contributed by atoms with Gasteiger partial charge in [0.25, 0.3) is 32.1 Å². The fourth-order valence-corrected chi connectivity index (χ4v) is 2.59. The molecule has 2 aromatic rings. The Bertz CT molecular complexity index is 1060. The van der Waals surface area contributed by atoms with E-state index in [0.717, 1.165) is 10.8 Å². The molecular weight excluding hydrogens is 450 g/mol. The van der Waals surface area contributed by atoms with Crippen LogP contribution in [0.15, 0.2) is 36.4 Å². The van der Waals surface area contributed by atoms with Gasteiger partial charge in [-0.2, -0.15) is 16.8 Å². The van der Waals surface area contributed by atoms with Crippen molar-refractivity contribution in [2.45, 2.75) is 12.5 Å². The van der Waals surface area contributed by atoms with E-state index in [4.69, 9.17) is 20.6 Å². The van der Waals surface area contributed by atoms with Gasteiger partial charge < -0.3 is 11.5 Å². The van der Waals surface area contributed by atoms with Gasteiger partial charge in [0.2, 0.25) is 0 Å². The first-order chi connectivity index (χ1) is 14.1. The van der Waals surface area contributed by atoms with Crippen LogP contribution in [0.3, 0.4) is 0 Å². The Hall–Kier alpha value is -2.42. The fraction of sp³-hybridized carbons (Fsp3) is 0.333. The van der Waals surface area contributed by atoms with E-state index in [1.807, 2.05) is 24.3 Å². The van der Waals surface area contributed by atoms with Gasteiger partial charge in [0, 0.05) is 19.1 Å². The molecule has 31 heavy (non-hydrogen) atoms. The molecule has 13 heteroatoms. The van der Waals surface area contributed by atoms with Crippen LogP contribution < -0.4 is 11.5 Å². The number of carbonyl (C=O) groups excluding carboxylic acids is 2. The Morgan fingerprint density at radius 1 is 0.903 bits per heavy atom. The van der Waals surface area contributed by atoms with E-state index in [1.54, 1.807) is 12.1 Å². The molecule has 0 bridgehead atoms. The van der Waals surface area contributed by atoms with Crippen molar-refractivity contribution in [3.8, 4) is 0 Å². The average molecular weight is 476 g/mol. The number of imide groups is 1. The van der Waals surface area contributed by atoms with E-state index < -0.39 is 20.2 Å². The van der Waals surface area contributed by atoms with Crippen molar-refractivity contribution in [1.29, 1.82) is 0 Å². The molecule has 0 saturated carbocycles. The third-order valence-electron chi connectivity index (χ3n) is 3.86. The quantitative estimate of drug-likeness (QED) is 0.348. The summed E-state index contributed by atoms with van der Waals surface area (Å²) < 4.78 is 51.7. The van der Waals surface area contributed by atoms with Crippen molar-refractivity contribution >= 4 is 42.8 Å². The van der Waals surface area contributed by atoms with Crippen molar-refractivity contribution in [2.24, 2.45) is 11.5 Å². The molecule has 2 aromatic carbocycles. The first kappa shape index (κ1) is 26.6. The van der Waals surface area contributed by atoms with Crippen molar-refractivity contribution in [1.82, 2.24) is 4.90 Å². The molecule has 1 aliphatic heterocycles. The van der Waals surface area contributed by atoms with Crippen molar-refractivity contribution in [2.75, 3.05) is 25.6 Å². The highest BCUT2D eigenvalue weighted by molar-refractivity contribution is 7.85. The molecule has 0 spiro atoms. The summed E-state index contributed by atoms with van der Waals surface area (Å²) in [6.07, 6.45) is 1.95. The summed E-state index contributed by atoms with van der Waals surface area (Å²) in [5.74, 6) is -0.491. The molecule has 11 nitrogen and oxygen atoms in total. The molecule has 3 rings (SSSR count). The maximum atomic E-state index is 12.4. The Labute approximate surface area is 180 Å². The SMILES string of the molecule is CS(=O)(=O)O.CS(=O)(=O)O.NCC(N)CCN1C(=O)c2cc3ccccc3cc2C1=O. The number of benzene rings is 2. The van der Waals surface area contributed by atoms with Gasteiger partial charge in [-0.15, -0.1) is 0 Å².